The molecule has 0 aromatic heterocycles. The molecule has 6 heteroatoms. The molecule has 96 valence electrons. The summed E-state index contributed by atoms with van der Waals surface area (Å²) in [5.41, 5.74) is 0.126. The third-order valence-corrected chi connectivity index (χ3v) is 2.77. The third-order valence-electron chi connectivity index (χ3n) is 1.95. The van der Waals surface area contributed by atoms with E-state index in [4.69, 9.17) is 27.9 Å². The molecule has 18 heavy (non-hydrogen) atoms. The van der Waals surface area contributed by atoms with Crippen LogP contribution in [0.4, 0.5) is 0 Å². The van der Waals surface area contributed by atoms with E-state index in [2.05, 4.69) is 11.9 Å². The molecule has 1 amide bonds. The number of nitrogens with one attached hydrogen (secondary N) is 1. The van der Waals surface area contributed by atoms with Crippen LogP contribution in [0.5, 0.6) is 0 Å². The molecule has 1 N–H and O–H groups in total. The Hall–Kier alpha value is -1.52. The van der Waals surface area contributed by atoms with Crippen LogP contribution in [0.15, 0.2) is 30.9 Å². The Kier molecular flexibility index (Phi) is 5.68. The zero-order chi connectivity index (χ0) is 13.5. The second-order valence-electron chi connectivity index (χ2n) is 3.27. The van der Waals surface area contributed by atoms with Gasteiger partial charge >= 0.3 is 5.97 Å². The van der Waals surface area contributed by atoms with E-state index in [-0.39, 0.29) is 22.2 Å². The van der Waals surface area contributed by atoms with Gasteiger partial charge < -0.3 is 10.1 Å². The Bertz CT molecular complexity index is 474. The summed E-state index contributed by atoms with van der Waals surface area (Å²) in [6.07, 6.45) is 1.52. The first-order chi connectivity index (χ1) is 8.56. The van der Waals surface area contributed by atoms with Crippen molar-refractivity contribution in [2.45, 2.75) is 0 Å². The van der Waals surface area contributed by atoms with Crippen LogP contribution in [0.1, 0.15) is 10.4 Å². The molecule has 0 fully saturated rings. The molecule has 0 aliphatic heterocycles. The average molecular weight is 288 g/mol. The summed E-state index contributed by atoms with van der Waals surface area (Å²) < 4.78 is 4.79. The van der Waals surface area contributed by atoms with E-state index in [1.54, 1.807) is 12.1 Å². The van der Waals surface area contributed by atoms with Gasteiger partial charge in [0.25, 0.3) is 5.91 Å². The van der Waals surface area contributed by atoms with Gasteiger partial charge in [-0.15, -0.1) is 6.58 Å². The van der Waals surface area contributed by atoms with Crippen LogP contribution in [0.2, 0.25) is 10.0 Å². The molecule has 1 aromatic rings. The quantitative estimate of drug-likeness (QED) is 0.669. The number of ether oxygens (including phenoxy) is 1. The molecule has 0 bridgehead atoms. The number of carbonyl (C=O) groups excluding carboxylic acids is 2. The minimum absolute atomic E-state index is 0.107. The maximum atomic E-state index is 11.6. The average Bonchev–Trinajstić information content (AvgIpc) is 2.36. The summed E-state index contributed by atoms with van der Waals surface area (Å²) in [5, 5.41) is 2.83. The third kappa shape index (κ3) is 4.05. The summed E-state index contributed by atoms with van der Waals surface area (Å²) in [6, 6.07) is 4.60. The fourth-order valence-corrected chi connectivity index (χ4v) is 1.49. The maximum absolute atomic E-state index is 11.6. The molecule has 0 spiro atoms. The van der Waals surface area contributed by atoms with E-state index in [1.165, 1.54) is 12.1 Å². The lowest BCUT2D eigenvalue weighted by Gasteiger charge is -2.06. The van der Waals surface area contributed by atoms with Crippen molar-refractivity contribution < 1.29 is 14.3 Å². The van der Waals surface area contributed by atoms with E-state index in [0.29, 0.717) is 6.54 Å². The summed E-state index contributed by atoms with van der Waals surface area (Å²) >= 11 is 11.6. The highest BCUT2D eigenvalue weighted by Gasteiger charge is 2.15. The lowest BCUT2D eigenvalue weighted by atomic mass is 10.2. The lowest BCUT2D eigenvalue weighted by Crippen LogP contribution is -2.28. The summed E-state index contributed by atoms with van der Waals surface area (Å²) in [7, 11) is 0. The highest BCUT2D eigenvalue weighted by Crippen LogP contribution is 2.25. The number of rotatable bonds is 5. The Balaban J connectivity index is 2.58. The van der Waals surface area contributed by atoms with Gasteiger partial charge in [0.2, 0.25) is 0 Å². The van der Waals surface area contributed by atoms with Crippen LogP contribution in [0.25, 0.3) is 0 Å². The number of esters is 1. The van der Waals surface area contributed by atoms with Gasteiger partial charge in [0.1, 0.15) is 0 Å². The molecule has 1 rings (SSSR count). The molecule has 0 saturated carbocycles. The van der Waals surface area contributed by atoms with E-state index in [1.807, 2.05) is 0 Å². The predicted molar refractivity (Wildman–Crippen MR) is 70.0 cm³/mol. The van der Waals surface area contributed by atoms with E-state index < -0.39 is 11.9 Å². The SMILES string of the molecule is C=CCNC(=O)COC(=O)c1cccc(Cl)c1Cl. The van der Waals surface area contributed by atoms with Gasteiger partial charge in [0, 0.05) is 6.54 Å². The number of amides is 1. The summed E-state index contributed by atoms with van der Waals surface area (Å²) in [5.74, 6) is -1.11. The van der Waals surface area contributed by atoms with Crippen molar-refractivity contribution in [3.8, 4) is 0 Å². The first-order valence-corrected chi connectivity index (χ1v) is 5.80. The van der Waals surface area contributed by atoms with Gasteiger partial charge in [-0.2, -0.15) is 0 Å². The summed E-state index contributed by atoms with van der Waals surface area (Å²) in [6.45, 7) is 3.38. The maximum Gasteiger partial charge on any atom is 0.340 e. The smallest absolute Gasteiger partial charge is 0.340 e. The van der Waals surface area contributed by atoms with Crippen molar-refractivity contribution in [2.75, 3.05) is 13.2 Å². The highest BCUT2D eigenvalue weighted by atomic mass is 35.5. The van der Waals surface area contributed by atoms with Crippen LogP contribution >= 0.6 is 23.2 Å². The topological polar surface area (TPSA) is 55.4 Å². The minimum atomic E-state index is -0.698. The Labute approximate surface area is 115 Å². The van der Waals surface area contributed by atoms with Gasteiger partial charge in [-0.1, -0.05) is 35.3 Å². The van der Waals surface area contributed by atoms with Crippen LogP contribution in [0, 0.1) is 0 Å². The van der Waals surface area contributed by atoms with Crippen molar-refractivity contribution in [3.63, 3.8) is 0 Å². The number of carbonyl (C=O) groups is 2. The zero-order valence-electron chi connectivity index (χ0n) is 9.41. The molecular weight excluding hydrogens is 277 g/mol. The van der Waals surface area contributed by atoms with E-state index >= 15 is 0 Å². The second kappa shape index (κ2) is 7.03. The fraction of sp³-hybridized carbons (Fsp3) is 0.167. The van der Waals surface area contributed by atoms with Gasteiger partial charge in [-0.05, 0) is 12.1 Å². The molecule has 1 aromatic carbocycles. The van der Waals surface area contributed by atoms with Crippen molar-refractivity contribution in [2.24, 2.45) is 0 Å². The van der Waals surface area contributed by atoms with Crippen LogP contribution in [0.3, 0.4) is 0 Å². The van der Waals surface area contributed by atoms with Crippen LogP contribution < -0.4 is 5.32 Å². The van der Waals surface area contributed by atoms with Crippen molar-refractivity contribution in [1.82, 2.24) is 5.32 Å². The molecule has 0 atom stereocenters. The molecule has 0 unspecified atom stereocenters. The highest BCUT2D eigenvalue weighted by molar-refractivity contribution is 6.43. The van der Waals surface area contributed by atoms with Gasteiger partial charge in [-0.25, -0.2) is 4.79 Å². The van der Waals surface area contributed by atoms with E-state index in [0.717, 1.165) is 0 Å². The number of hydrogen-bond donors (Lipinski definition) is 1. The van der Waals surface area contributed by atoms with Crippen LogP contribution in [-0.4, -0.2) is 25.0 Å². The Morgan fingerprint density at radius 2 is 2.11 bits per heavy atom. The number of hydrogen-bond acceptors (Lipinski definition) is 3. The normalized spacial score (nSPS) is 9.67. The molecule has 0 saturated heterocycles. The second-order valence-corrected chi connectivity index (χ2v) is 4.06. The van der Waals surface area contributed by atoms with Gasteiger partial charge in [-0.3, -0.25) is 4.79 Å². The first kappa shape index (κ1) is 14.5. The predicted octanol–water partition coefficient (Wildman–Crippen LogP) is 2.45. The largest absolute Gasteiger partial charge is 0.452 e. The standard InChI is InChI=1S/C12H11Cl2NO3/c1-2-6-15-10(16)7-18-12(17)8-4-3-5-9(13)11(8)14/h2-5H,1,6-7H2,(H,15,16). The number of halogens is 2. The first-order valence-electron chi connectivity index (χ1n) is 5.05. The monoisotopic (exact) mass is 287 g/mol. The van der Waals surface area contributed by atoms with Crippen LogP contribution in [-0.2, 0) is 9.53 Å². The molecular formula is C12H11Cl2NO3. The van der Waals surface area contributed by atoms with Gasteiger partial charge in [0.05, 0.1) is 15.6 Å². The van der Waals surface area contributed by atoms with Crippen molar-refractivity contribution in [1.29, 1.82) is 0 Å². The Morgan fingerprint density at radius 1 is 1.39 bits per heavy atom. The molecule has 0 radical (unpaired) electrons. The zero-order valence-corrected chi connectivity index (χ0v) is 10.9. The van der Waals surface area contributed by atoms with Crippen molar-refractivity contribution >= 4 is 35.1 Å². The van der Waals surface area contributed by atoms with Gasteiger partial charge in [0.15, 0.2) is 6.61 Å². The van der Waals surface area contributed by atoms with E-state index in [9.17, 15) is 9.59 Å². The number of benzene rings is 1. The molecule has 0 heterocycles. The van der Waals surface area contributed by atoms with Crippen molar-refractivity contribution in [3.05, 3.63) is 46.5 Å². The molecule has 0 aliphatic rings. The minimum Gasteiger partial charge on any atom is -0.452 e. The molecule has 4 nitrogen and oxygen atoms in total. The fourth-order valence-electron chi connectivity index (χ4n) is 1.11. The molecule has 0 aliphatic carbocycles. The lowest BCUT2D eigenvalue weighted by molar-refractivity contribution is -0.124. The Morgan fingerprint density at radius 3 is 2.78 bits per heavy atom. The summed E-state index contributed by atoms with van der Waals surface area (Å²) in [4.78, 5) is 22.8.